The van der Waals surface area contributed by atoms with E-state index in [9.17, 15) is 18.4 Å². The molecule has 2 bridgehead atoms. The first-order chi connectivity index (χ1) is 15.0. The smallest absolute Gasteiger partial charge is 0.410 e. The standard InChI is InChI=1S/C24H25F2NO4/c25-23(26)31-21-8-4-7-17(11-21)12-22(28)18-13-19-9-10-20(14-18)27(19)24(29)30-15-16-5-2-1-3-6-16/h1-8,11,18-20,23H,9-10,12-15H2. The molecule has 0 aliphatic carbocycles. The predicted octanol–water partition coefficient (Wildman–Crippen LogP) is 4.98. The minimum Gasteiger partial charge on any atom is -0.445 e. The summed E-state index contributed by atoms with van der Waals surface area (Å²) in [6.45, 7) is -2.66. The minimum absolute atomic E-state index is 0.00414. The fraction of sp³-hybridized carbons (Fsp3) is 0.417. The minimum atomic E-state index is -2.90. The maximum absolute atomic E-state index is 12.9. The molecule has 0 radical (unpaired) electrons. The number of Topliss-reactive ketones (excluding diaryl/α,β-unsaturated/α-hetero) is 1. The van der Waals surface area contributed by atoms with Crippen LogP contribution in [0.15, 0.2) is 54.6 Å². The Morgan fingerprint density at radius 2 is 1.65 bits per heavy atom. The first kappa shape index (κ1) is 21.3. The Bertz CT molecular complexity index is 907. The second-order valence-corrected chi connectivity index (χ2v) is 8.17. The Kier molecular flexibility index (Phi) is 6.49. The molecule has 4 rings (SSSR count). The van der Waals surface area contributed by atoms with Crippen LogP contribution < -0.4 is 4.74 Å². The van der Waals surface area contributed by atoms with Gasteiger partial charge in [0, 0.05) is 24.4 Å². The van der Waals surface area contributed by atoms with E-state index in [1.165, 1.54) is 12.1 Å². The highest BCUT2D eigenvalue weighted by atomic mass is 19.3. The Morgan fingerprint density at radius 3 is 2.32 bits per heavy atom. The second-order valence-electron chi connectivity index (χ2n) is 8.17. The van der Waals surface area contributed by atoms with Gasteiger partial charge in [0.25, 0.3) is 0 Å². The van der Waals surface area contributed by atoms with Crippen molar-refractivity contribution >= 4 is 11.9 Å². The number of hydrogen-bond donors (Lipinski definition) is 0. The van der Waals surface area contributed by atoms with Gasteiger partial charge < -0.3 is 14.4 Å². The number of hydrogen-bond acceptors (Lipinski definition) is 4. The van der Waals surface area contributed by atoms with Gasteiger partial charge >= 0.3 is 12.7 Å². The van der Waals surface area contributed by atoms with Crippen molar-refractivity contribution in [2.75, 3.05) is 0 Å². The van der Waals surface area contributed by atoms with Crippen LogP contribution in [-0.4, -0.2) is 35.5 Å². The summed E-state index contributed by atoms with van der Waals surface area (Å²) in [6, 6.07) is 15.8. The lowest BCUT2D eigenvalue weighted by Crippen LogP contribution is -2.48. The highest BCUT2D eigenvalue weighted by Crippen LogP contribution is 2.40. The van der Waals surface area contributed by atoms with Gasteiger partial charge in [-0.05, 0) is 48.9 Å². The fourth-order valence-electron chi connectivity index (χ4n) is 4.71. The summed E-state index contributed by atoms with van der Waals surface area (Å²) < 4.78 is 34.8. The van der Waals surface area contributed by atoms with Gasteiger partial charge in [0.2, 0.25) is 0 Å². The van der Waals surface area contributed by atoms with Crippen LogP contribution in [-0.2, 0) is 22.6 Å². The number of benzene rings is 2. The average Bonchev–Trinajstić information content (AvgIpc) is 3.02. The monoisotopic (exact) mass is 429 g/mol. The number of carbonyl (C=O) groups excluding carboxylic acids is 2. The molecule has 31 heavy (non-hydrogen) atoms. The molecule has 2 heterocycles. The van der Waals surface area contributed by atoms with Gasteiger partial charge in [0.15, 0.2) is 0 Å². The molecule has 2 unspecified atom stereocenters. The summed E-state index contributed by atoms with van der Waals surface area (Å²) in [5, 5.41) is 0. The van der Waals surface area contributed by atoms with E-state index in [1.807, 2.05) is 35.2 Å². The summed E-state index contributed by atoms with van der Waals surface area (Å²) in [4.78, 5) is 27.4. The second kappa shape index (κ2) is 9.45. The van der Waals surface area contributed by atoms with E-state index in [2.05, 4.69) is 4.74 Å². The van der Waals surface area contributed by atoms with Crippen LogP contribution in [0.1, 0.15) is 36.8 Å². The van der Waals surface area contributed by atoms with Crippen LogP contribution >= 0.6 is 0 Å². The molecule has 2 aliphatic rings. The SMILES string of the molecule is O=C(Cc1cccc(OC(F)F)c1)C1CC2CCC(C1)N2C(=O)OCc1ccccc1. The molecule has 2 aliphatic heterocycles. The molecule has 0 spiro atoms. The van der Waals surface area contributed by atoms with Crippen molar-refractivity contribution in [2.45, 2.75) is 57.4 Å². The zero-order valence-corrected chi connectivity index (χ0v) is 17.1. The maximum Gasteiger partial charge on any atom is 0.410 e. The van der Waals surface area contributed by atoms with E-state index in [1.54, 1.807) is 12.1 Å². The molecular weight excluding hydrogens is 404 g/mol. The average molecular weight is 429 g/mol. The van der Waals surface area contributed by atoms with Crippen molar-refractivity contribution in [2.24, 2.45) is 5.92 Å². The zero-order valence-electron chi connectivity index (χ0n) is 17.1. The van der Waals surface area contributed by atoms with Gasteiger partial charge in [-0.1, -0.05) is 42.5 Å². The number of rotatable bonds is 7. The third-order valence-electron chi connectivity index (χ3n) is 6.11. The van der Waals surface area contributed by atoms with Crippen molar-refractivity contribution in [3.05, 3.63) is 65.7 Å². The van der Waals surface area contributed by atoms with E-state index in [4.69, 9.17) is 4.74 Å². The lowest BCUT2D eigenvalue weighted by Gasteiger charge is -2.37. The number of ketones is 1. The molecular formula is C24H25F2NO4. The molecule has 2 aromatic rings. The van der Waals surface area contributed by atoms with Crippen LogP contribution in [0, 0.1) is 5.92 Å². The fourth-order valence-corrected chi connectivity index (χ4v) is 4.71. The molecule has 2 aromatic carbocycles. The Morgan fingerprint density at radius 1 is 0.968 bits per heavy atom. The molecule has 1 amide bonds. The summed E-state index contributed by atoms with van der Waals surface area (Å²) >= 11 is 0. The Hall–Kier alpha value is -2.96. The Labute approximate surface area is 179 Å². The Balaban J connectivity index is 1.33. The lowest BCUT2D eigenvalue weighted by molar-refractivity contribution is -0.124. The van der Waals surface area contributed by atoms with Gasteiger partial charge in [-0.25, -0.2) is 4.79 Å². The van der Waals surface area contributed by atoms with E-state index < -0.39 is 6.61 Å². The number of alkyl halides is 2. The molecule has 2 saturated heterocycles. The van der Waals surface area contributed by atoms with Gasteiger partial charge in [-0.15, -0.1) is 0 Å². The molecule has 0 saturated carbocycles. The lowest BCUT2D eigenvalue weighted by atomic mass is 9.85. The summed E-state index contributed by atoms with van der Waals surface area (Å²) in [5.74, 6) is -0.0184. The number of carbonyl (C=O) groups is 2. The van der Waals surface area contributed by atoms with Crippen LogP contribution in [0.2, 0.25) is 0 Å². The van der Waals surface area contributed by atoms with Crippen LogP contribution in [0.4, 0.5) is 13.6 Å². The van der Waals surface area contributed by atoms with E-state index >= 15 is 0 Å². The van der Waals surface area contributed by atoms with Gasteiger partial charge in [-0.2, -0.15) is 8.78 Å². The number of nitrogens with zero attached hydrogens (tertiary/aromatic N) is 1. The van der Waals surface area contributed by atoms with E-state index in [0.717, 1.165) is 18.4 Å². The molecule has 2 fully saturated rings. The van der Waals surface area contributed by atoms with Gasteiger partial charge in [0.05, 0.1) is 0 Å². The molecule has 2 atom stereocenters. The summed E-state index contributed by atoms with van der Waals surface area (Å²) in [7, 11) is 0. The van der Waals surface area contributed by atoms with Crippen molar-refractivity contribution < 1.29 is 27.8 Å². The first-order valence-corrected chi connectivity index (χ1v) is 10.5. The van der Waals surface area contributed by atoms with Crippen molar-refractivity contribution in [1.82, 2.24) is 4.90 Å². The molecule has 5 nitrogen and oxygen atoms in total. The highest BCUT2D eigenvalue weighted by molar-refractivity contribution is 5.84. The third kappa shape index (κ3) is 5.21. The van der Waals surface area contributed by atoms with E-state index in [-0.39, 0.29) is 48.7 Å². The van der Waals surface area contributed by atoms with Crippen LogP contribution in [0.5, 0.6) is 5.75 Å². The predicted molar refractivity (Wildman–Crippen MR) is 110 cm³/mol. The summed E-state index contributed by atoms with van der Waals surface area (Å²) in [6.07, 6.45) is 2.81. The number of halogens is 2. The highest BCUT2D eigenvalue weighted by Gasteiger charge is 2.45. The first-order valence-electron chi connectivity index (χ1n) is 10.5. The molecule has 164 valence electrons. The zero-order chi connectivity index (χ0) is 21.8. The van der Waals surface area contributed by atoms with E-state index in [0.29, 0.717) is 18.4 Å². The molecule has 0 N–H and O–H groups in total. The van der Waals surface area contributed by atoms with Crippen molar-refractivity contribution in [3.63, 3.8) is 0 Å². The number of amides is 1. The van der Waals surface area contributed by atoms with Crippen LogP contribution in [0.3, 0.4) is 0 Å². The largest absolute Gasteiger partial charge is 0.445 e. The number of fused-ring (bicyclic) bond motifs is 2. The quantitative estimate of drug-likeness (QED) is 0.623. The maximum atomic E-state index is 12.9. The third-order valence-corrected chi connectivity index (χ3v) is 6.11. The number of ether oxygens (including phenoxy) is 2. The topological polar surface area (TPSA) is 55.8 Å². The van der Waals surface area contributed by atoms with Gasteiger partial charge in [-0.3, -0.25) is 4.79 Å². The van der Waals surface area contributed by atoms with Crippen molar-refractivity contribution in [1.29, 1.82) is 0 Å². The normalized spacial score (nSPS) is 22.4. The van der Waals surface area contributed by atoms with Crippen LogP contribution in [0.25, 0.3) is 0 Å². The molecule has 0 aromatic heterocycles. The van der Waals surface area contributed by atoms with Gasteiger partial charge in [0.1, 0.15) is 18.1 Å². The van der Waals surface area contributed by atoms with Crippen molar-refractivity contribution in [3.8, 4) is 5.75 Å². The molecule has 7 heteroatoms. The summed E-state index contributed by atoms with van der Waals surface area (Å²) in [5.41, 5.74) is 1.59. The number of piperidine rings is 1.